The number of amides is 2. The summed E-state index contributed by atoms with van der Waals surface area (Å²) in [6.45, 7) is 3.29. The van der Waals surface area contributed by atoms with E-state index in [4.69, 9.17) is 4.74 Å². The summed E-state index contributed by atoms with van der Waals surface area (Å²) in [6, 6.07) is 3.51. The summed E-state index contributed by atoms with van der Waals surface area (Å²) in [4.78, 5) is 33.0. The van der Waals surface area contributed by atoms with Crippen molar-refractivity contribution in [1.29, 1.82) is 0 Å². The van der Waals surface area contributed by atoms with Gasteiger partial charge in [-0.3, -0.25) is 9.59 Å². The third-order valence-electron chi connectivity index (χ3n) is 5.23. The molecule has 0 N–H and O–H groups in total. The van der Waals surface area contributed by atoms with Crippen molar-refractivity contribution in [3.8, 4) is 5.88 Å². The standard InChI is InChI=1S/C19H27N3O3/c1-25-18-16(7-4-10-20-18)19(24)22-13-5-6-15(14-22)8-9-17(23)21-11-2-3-12-21/h4,7,10,15H,2-3,5-6,8-9,11-14H2,1H3/t15-/m0/s1. The van der Waals surface area contributed by atoms with Crippen molar-refractivity contribution < 1.29 is 14.3 Å². The molecular weight excluding hydrogens is 318 g/mol. The summed E-state index contributed by atoms with van der Waals surface area (Å²) >= 11 is 0. The molecule has 2 saturated heterocycles. The number of methoxy groups -OCH3 is 1. The maximum absolute atomic E-state index is 12.8. The van der Waals surface area contributed by atoms with Crippen LogP contribution in [-0.4, -0.2) is 59.9 Å². The lowest BCUT2D eigenvalue weighted by molar-refractivity contribution is -0.130. The van der Waals surface area contributed by atoms with E-state index in [-0.39, 0.29) is 11.8 Å². The zero-order chi connectivity index (χ0) is 17.6. The summed E-state index contributed by atoms with van der Waals surface area (Å²) in [5.74, 6) is 1.01. The van der Waals surface area contributed by atoms with Crippen LogP contribution in [0.5, 0.6) is 5.88 Å². The highest BCUT2D eigenvalue weighted by molar-refractivity contribution is 5.96. The summed E-state index contributed by atoms with van der Waals surface area (Å²) < 4.78 is 5.21. The van der Waals surface area contributed by atoms with Crippen molar-refractivity contribution in [3.05, 3.63) is 23.9 Å². The van der Waals surface area contributed by atoms with Gasteiger partial charge in [-0.15, -0.1) is 0 Å². The van der Waals surface area contributed by atoms with Crippen LogP contribution < -0.4 is 4.74 Å². The number of aromatic nitrogens is 1. The second-order valence-corrected chi connectivity index (χ2v) is 6.95. The van der Waals surface area contributed by atoms with Gasteiger partial charge in [0.05, 0.1) is 7.11 Å². The molecule has 3 heterocycles. The highest BCUT2D eigenvalue weighted by atomic mass is 16.5. The van der Waals surface area contributed by atoms with Crippen LogP contribution in [0.2, 0.25) is 0 Å². The number of hydrogen-bond donors (Lipinski definition) is 0. The number of piperidine rings is 1. The molecule has 3 rings (SSSR count). The van der Waals surface area contributed by atoms with E-state index in [1.54, 1.807) is 18.3 Å². The number of carbonyl (C=O) groups is 2. The van der Waals surface area contributed by atoms with E-state index in [1.165, 1.54) is 7.11 Å². The van der Waals surface area contributed by atoms with Gasteiger partial charge in [-0.25, -0.2) is 4.98 Å². The Hall–Kier alpha value is -2.11. The Kier molecular flexibility index (Phi) is 5.89. The molecule has 2 aliphatic heterocycles. The molecule has 136 valence electrons. The number of likely N-dealkylation sites (tertiary alicyclic amines) is 2. The van der Waals surface area contributed by atoms with Gasteiger partial charge in [0.1, 0.15) is 5.56 Å². The van der Waals surface area contributed by atoms with Crippen molar-refractivity contribution in [2.75, 3.05) is 33.3 Å². The van der Waals surface area contributed by atoms with E-state index in [0.717, 1.165) is 51.7 Å². The van der Waals surface area contributed by atoms with Crippen LogP contribution in [0.1, 0.15) is 48.9 Å². The zero-order valence-electron chi connectivity index (χ0n) is 14.9. The van der Waals surface area contributed by atoms with Crippen LogP contribution in [0.4, 0.5) is 0 Å². The average Bonchev–Trinajstić information content (AvgIpc) is 3.20. The van der Waals surface area contributed by atoms with E-state index < -0.39 is 0 Å². The smallest absolute Gasteiger partial charge is 0.259 e. The quantitative estimate of drug-likeness (QED) is 0.822. The molecule has 2 aliphatic rings. The van der Waals surface area contributed by atoms with E-state index >= 15 is 0 Å². The van der Waals surface area contributed by atoms with Gasteiger partial charge >= 0.3 is 0 Å². The Balaban J connectivity index is 1.55. The number of rotatable bonds is 5. The van der Waals surface area contributed by atoms with Crippen LogP contribution in [0.3, 0.4) is 0 Å². The minimum absolute atomic E-state index is 0.0273. The van der Waals surface area contributed by atoms with Crippen LogP contribution in [-0.2, 0) is 4.79 Å². The number of carbonyl (C=O) groups excluding carboxylic acids is 2. The van der Waals surface area contributed by atoms with Crippen molar-refractivity contribution in [1.82, 2.24) is 14.8 Å². The molecule has 6 heteroatoms. The Morgan fingerprint density at radius 3 is 2.72 bits per heavy atom. The first kappa shape index (κ1) is 17.7. The lowest BCUT2D eigenvalue weighted by Gasteiger charge is -2.33. The summed E-state index contributed by atoms with van der Waals surface area (Å²) in [5, 5.41) is 0. The maximum atomic E-state index is 12.8. The first-order valence-corrected chi connectivity index (χ1v) is 9.25. The first-order valence-electron chi connectivity index (χ1n) is 9.25. The molecule has 0 unspecified atom stereocenters. The minimum Gasteiger partial charge on any atom is -0.480 e. The topological polar surface area (TPSA) is 62.7 Å². The Morgan fingerprint density at radius 1 is 1.20 bits per heavy atom. The van der Waals surface area contributed by atoms with Crippen LogP contribution in [0.15, 0.2) is 18.3 Å². The highest BCUT2D eigenvalue weighted by Gasteiger charge is 2.27. The van der Waals surface area contributed by atoms with Gasteiger partial charge in [-0.05, 0) is 50.2 Å². The van der Waals surface area contributed by atoms with E-state index in [9.17, 15) is 9.59 Å². The van der Waals surface area contributed by atoms with Gasteiger partial charge < -0.3 is 14.5 Å². The number of ether oxygens (including phenoxy) is 1. The number of nitrogens with zero attached hydrogens (tertiary/aromatic N) is 3. The molecule has 2 fully saturated rings. The molecule has 0 radical (unpaired) electrons. The molecule has 0 spiro atoms. The third kappa shape index (κ3) is 4.30. The zero-order valence-corrected chi connectivity index (χ0v) is 14.9. The molecular formula is C19H27N3O3. The van der Waals surface area contributed by atoms with Crippen molar-refractivity contribution in [2.24, 2.45) is 5.92 Å². The lowest BCUT2D eigenvalue weighted by atomic mass is 9.92. The molecule has 0 aliphatic carbocycles. The van der Waals surface area contributed by atoms with E-state index in [2.05, 4.69) is 4.98 Å². The SMILES string of the molecule is COc1ncccc1C(=O)N1CCC[C@@H](CCC(=O)N2CCCC2)C1. The van der Waals surface area contributed by atoms with E-state index in [0.29, 0.717) is 30.3 Å². The first-order chi connectivity index (χ1) is 12.2. The van der Waals surface area contributed by atoms with Gasteiger partial charge in [0, 0.05) is 38.8 Å². The van der Waals surface area contributed by atoms with Gasteiger partial charge in [0.25, 0.3) is 5.91 Å². The average molecular weight is 345 g/mol. The van der Waals surface area contributed by atoms with Gasteiger partial charge in [0.15, 0.2) is 0 Å². The van der Waals surface area contributed by atoms with Gasteiger partial charge in [-0.1, -0.05) is 0 Å². The molecule has 1 aromatic rings. The molecule has 0 aromatic carbocycles. The Morgan fingerprint density at radius 2 is 1.96 bits per heavy atom. The van der Waals surface area contributed by atoms with Crippen molar-refractivity contribution >= 4 is 11.8 Å². The third-order valence-corrected chi connectivity index (χ3v) is 5.23. The summed E-state index contributed by atoms with van der Waals surface area (Å²) in [6.07, 6.45) is 7.41. The largest absolute Gasteiger partial charge is 0.480 e. The fourth-order valence-electron chi connectivity index (χ4n) is 3.82. The molecule has 2 amide bonds. The predicted molar refractivity (Wildman–Crippen MR) is 94.5 cm³/mol. The summed E-state index contributed by atoms with van der Waals surface area (Å²) in [7, 11) is 1.53. The summed E-state index contributed by atoms with van der Waals surface area (Å²) in [5.41, 5.74) is 0.513. The van der Waals surface area contributed by atoms with E-state index in [1.807, 2.05) is 9.80 Å². The highest BCUT2D eigenvalue weighted by Crippen LogP contribution is 2.25. The fraction of sp³-hybridized carbons (Fsp3) is 0.632. The fourth-order valence-corrected chi connectivity index (χ4v) is 3.82. The van der Waals surface area contributed by atoms with Crippen LogP contribution >= 0.6 is 0 Å². The minimum atomic E-state index is -0.0273. The normalized spacial score (nSPS) is 20.6. The Bertz CT molecular complexity index is 614. The molecule has 1 aromatic heterocycles. The Labute approximate surface area is 149 Å². The predicted octanol–water partition coefficient (Wildman–Crippen LogP) is 2.35. The lowest BCUT2D eigenvalue weighted by Crippen LogP contribution is -2.40. The van der Waals surface area contributed by atoms with Gasteiger partial charge in [0.2, 0.25) is 11.8 Å². The van der Waals surface area contributed by atoms with Crippen molar-refractivity contribution in [2.45, 2.75) is 38.5 Å². The maximum Gasteiger partial charge on any atom is 0.259 e. The van der Waals surface area contributed by atoms with Crippen LogP contribution in [0, 0.1) is 5.92 Å². The van der Waals surface area contributed by atoms with Crippen molar-refractivity contribution in [3.63, 3.8) is 0 Å². The second kappa shape index (κ2) is 8.32. The number of hydrogen-bond acceptors (Lipinski definition) is 4. The molecule has 1 atom stereocenters. The van der Waals surface area contributed by atoms with Gasteiger partial charge in [-0.2, -0.15) is 0 Å². The van der Waals surface area contributed by atoms with Crippen LogP contribution in [0.25, 0.3) is 0 Å². The molecule has 25 heavy (non-hydrogen) atoms. The number of pyridine rings is 1. The molecule has 0 bridgehead atoms. The molecule has 6 nitrogen and oxygen atoms in total. The second-order valence-electron chi connectivity index (χ2n) is 6.95. The molecule has 0 saturated carbocycles. The monoisotopic (exact) mass is 345 g/mol.